The summed E-state index contributed by atoms with van der Waals surface area (Å²) in [6, 6.07) is 9.85. The van der Waals surface area contributed by atoms with Gasteiger partial charge in [-0.15, -0.1) is 0 Å². The van der Waals surface area contributed by atoms with Crippen LogP contribution in [0, 0.1) is 19.8 Å². The molecular weight excluding hydrogens is 442 g/mol. The van der Waals surface area contributed by atoms with Gasteiger partial charge < -0.3 is 24.2 Å². The van der Waals surface area contributed by atoms with Crippen LogP contribution >= 0.6 is 0 Å². The third kappa shape index (κ3) is 5.01. The molecule has 0 N–H and O–H groups in total. The molecule has 1 fully saturated rings. The fourth-order valence-corrected chi connectivity index (χ4v) is 5.41. The second-order valence-electron chi connectivity index (χ2n) is 10.1. The van der Waals surface area contributed by atoms with Crippen molar-refractivity contribution in [1.29, 1.82) is 0 Å². The van der Waals surface area contributed by atoms with Crippen LogP contribution < -0.4 is 9.47 Å². The van der Waals surface area contributed by atoms with Crippen molar-refractivity contribution < 1.29 is 19.1 Å². The zero-order valence-electron chi connectivity index (χ0n) is 21.0. The first-order valence-electron chi connectivity index (χ1n) is 12.6. The normalized spacial score (nSPS) is 19.4. The second-order valence-corrected chi connectivity index (χ2v) is 10.1. The number of ether oxygens (including phenoxy) is 2. The first-order chi connectivity index (χ1) is 16.9. The average Bonchev–Trinajstić information content (AvgIpc) is 3.35. The Balaban J connectivity index is 1.14. The van der Waals surface area contributed by atoms with Crippen LogP contribution in [0.3, 0.4) is 0 Å². The number of likely N-dealkylation sites (N-methyl/N-ethyl adjacent to an activating group) is 1. The highest BCUT2D eigenvalue weighted by Gasteiger charge is 2.31. The summed E-state index contributed by atoms with van der Waals surface area (Å²) in [5.74, 6) is 1.57. The quantitative estimate of drug-likeness (QED) is 0.661. The lowest BCUT2D eigenvalue weighted by atomic mass is 9.92. The molecule has 1 unspecified atom stereocenters. The molecule has 0 radical (unpaired) electrons. The van der Waals surface area contributed by atoms with Gasteiger partial charge in [-0.05, 0) is 80.1 Å². The zero-order chi connectivity index (χ0) is 24.5. The lowest BCUT2D eigenvalue weighted by molar-refractivity contribution is -0.138. The van der Waals surface area contributed by atoms with Crippen LogP contribution in [0.15, 0.2) is 30.3 Å². The van der Waals surface area contributed by atoms with E-state index < -0.39 is 0 Å². The predicted molar refractivity (Wildman–Crippen MR) is 134 cm³/mol. The summed E-state index contributed by atoms with van der Waals surface area (Å²) in [5, 5.41) is 0. The maximum atomic E-state index is 13.4. The number of nitrogens with zero attached hydrogens (tertiary/aromatic N) is 3. The molecule has 0 aromatic heterocycles. The van der Waals surface area contributed by atoms with Crippen molar-refractivity contribution in [1.82, 2.24) is 14.7 Å². The van der Waals surface area contributed by atoms with Gasteiger partial charge in [0, 0.05) is 45.3 Å². The predicted octanol–water partition coefficient (Wildman–Crippen LogP) is 3.40. The molecule has 0 saturated carbocycles. The Morgan fingerprint density at radius 3 is 2.63 bits per heavy atom. The molecule has 1 atom stereocenters. The highest BCUT2D eigenvalue weighted by Crippen LogP contribution is 2.33. The van der Waals surface area contributed by atoms with E-state index in [-0.39, 0.29) is 24.5 Å². The van der Waals surface area contributed by atoms with E-state index in [4.69, 9.17) is 9.47 Å². The molecule has 0 bridgehead atoms. The van der Waals surface area contributed by atoms with Gasteiger partial charge in [-0.2, -0.15) is 0 Å². The van der Waals surface area contributed by atoms with Crippen LogP contribution in [0.4, 0.5) is 0 Å². The number of benzene rings is 2. The van der Waals surface area contributed by atoms with Crippen molar-refractivity contribution in [2.45, 2.75) is 39.7 Å². The Labute approximate surface area is 207 Å². The van der Waals surface area contributed by atoms with E-state index in [9.17, 15) is 9.59 Å². The van der Waals surface area contributed by atoms with Crippen LogP contribution in [0.25, 0.3) is 0 Å². The molecule has 0 aliphatic carbocycles. The summed E-state index contributed by atoms with van der Waals surface area (Å²) in [5.41, 5.74) is 5.90. The minimum Gasteiger partial charge on any atom is -0.454 e. The summed E-state index contributed by atoms with van der Waals surface area (Å²) in [6.45, 7) is 9.13. The molecule has 7 heteroatoms. The second kappa shape index (κ2) is 9.90. The van der Waals surface area contributed by atoms with Crippen LogP contribution in [0.2, 0.25) is 0 Å². The molecule has 35 heavy (non-hydrogen) atoms. The Morgan fingerprint density at radius 1 is 1.03 bits per heavy atom. The average molecular weight is 478 g/mol. The van der Waals surface area contributed by atoms with Gasteiger partial charge in [0.1, 0.15) is 0 Å². The number of piperidine rings is 1. The number of likely N-dealkylation sites (tertiary alicyclic amines) is 1. The van der Waals surface area contributed by atoms with Crippen molar-refractivity contribution in [3.05, 3.63) is 58.1 Å². The molecule has 2 amide bonds. The molecule has 186 valence electrons. The minimum absolute atomic E-state index is 0.0340. The standard InChI is InChI=1S/C28H35N3O4/c1-19-13-21-8-10-31(17-24(21)14-20(19)2)28(33)23-5-4-9-30(16-23)12-11-29(3)27(32)22-6-7-25-26(15-22)35-18-34-25/h6-7,13-15,23H,4-5,8-12,16-18H2,1-3H3. The number of hydrogen-bond donors (Lipinski definition) is 0. The monoisotopic (exact) mass is 477 g/mol. The molecular formula is C28H35N3O4. The number of hydrogen-bond acceptors (Lipinski definition) is 5. The summed E-state index contributed by atoms with van der Waals surface area (Å²) in [6.07, 6.45) is 2.89. The lowest BCUT2D eigenvalue weighted by Gasteiger charge is -2.37. The zero-order valence-corrected chi connectivity index (χ0v) is 21.0. The van der Waals surface area contributed by atoms with Crippen LogP contribution in [-0.4, -0.2) is 73.1 Å². The van der Waals surface area contributed by atoms with Crippen molar-refractivity contribution >= 4 is 11.8 Å². The largest absolute Gasteiger partial charge is 0.454 e. The molecule has 1 saturated heterocycles. The van der Waals surface area contributed by atoms with E-state index in [1.807, 2.05) is 7.05 Å². The highest BCUT2D eigenvalue weighted by molar-refractivity contribution is 5.94. The SMILES string of the molecule is Cc1cc2c(cc1C)CN(C(=O)C1CCCN(CCN(C)C(=O)c3ccc4c(c3)OCO4)C1)CC2. The summed E-state index contributed by atoms with van der Waals surface area (Å²) >= 11 is 0. The molecule has 3 aliphatic rings. The van der Waals surface area contributed by atoms with Gasteiger partial charge >= 0.3 is 0 Å². The Kier molecular flexibility index (Phi) is 6.69. The molecule has 2 aromatic carbocycles. The van der Waals surface area contributed by atoms with Crippen LogP contribution in [0.1, 0.15) is 45.5 Å². The maximum Gasteiger partial charge on any atom is 0.253 e. The van der Waals surface area contributed by atoms with Crippen molar-refractivity contribution in [3.8, 4) is 11.5 Å². The smallest absolute Gasteiger partial charge is 0.253 e. The highest BCUT2D eigenvalue weighted by atomic mass is 16.7. The Hall–Kier alpha value is -3.06. The molecule has 7 nitrogen and oxygen atoms in total. The molecule has 2 aromatic rings. The van der Waals surface area contributed by atoms with E-state index in [0.29, 0.717) is 23.6 Å². The van der Waals surface area contributed by atoms with Gasteiger partial charge in [-0.25, -0.2) is 0 Å². The first-order valence-corrected chi connectivity index (χ1v) is 12.6. The molecule has 0 spiro atoms. The van der Waals surface area contributed by atoms with Gasteiger partial charge in [0.05, 0.1) is 5.92 Å². The van der Waals surface area contributed by atoms with E-state index in [1.54, 1.807) is 23.1 Å². The van der Waals surface area contributed by atoms with Gasteiger partial charge in [0.15, 0.2) is 11.5 Å². The van der Waals surface area contributed by atoms with Crippen LogP contribution in [0.5, 0.6) is 11.5 Å². The van der Waals surface area contributed by atoms with Crippen molar-refractivity contribution in [2.24, 2.45) is 5.92 Å². The Morgan fingerprint density at radius 2 is 1.80 bits per heavy atom. The van der Waals surface area contributed by atoms with Crippen molar-refractivity contribution in [3.63, 3.8) is 0 Å². The summed E-state index contributed by atoms with van der Waals surface area (Å²) < 4.78 is 10.7. The van der Waals surface area contributed by atoms with E-state index in [0.717, 1.165) is 52.0 Å². The number of fused-ring (bicyclic) bond motifs is 2. The number of carbonyl (C=O) groups is 2. The topological polar surface area (TPSA) is 62.3 Å². The van der Waals surface area contributed by atoms with Gasteiger partial charge in [-0.1, -0.05) is 12.1 Å². The number of rotatable bonds is 5. The summed E-state index contributed by atoms with van der Waals surface area (Å²) in [4.78, 5) is 32.4. The molecule has 3 heterocycles. The minimum atomic E-state index is -0.0366. The van der Waals surface area contributed by atoms with E-state index in [2.05, 4.69) is 35.8 Å². The maximum absolute atomic E-state index is 13.4. The fourth-order valence-electron chi connectivity index (χ4n) is 5.41. The molecule has 3 aliphatic heterocycles. The van der Waals surface area contributed by atoms with Crippen molar-refractivity contribution in [2.75, 3.05) is 46.6 Å². The lowest BCUT2D eigenvalue weighted by Crippen LogP contribution is -2.47. The number of carbonyl (C=O) groups excluding carboxylic acids is 2. The Bertz CT molecular complexity index is 1130. The van der Waals surface area contributed by atoms with E-state index in [1.165, 1.54) is 22.3 Å². The third-order valence-electron chi connectivity index (χ3n) is 7.71. The van der Waals surface area contributed by atoms with E-state index >= 15 is 0 Å². The van der Waals surface area contributed by atoms with Gasteiger partial charge in [0.25, 0.3) is 5.91 Å². The number of aryl methyl sites for hydroxylation is 2. The molecule has 5 rings (SSSR count). The van der Waals surface area contributed by atoms with Gasteiger partial charge in [0.2, 0.25) is 12.7 Å². The van der Waals surface area contributed by atoms with Crippen LogP contribution in [-0.2, 0) is 17.8 Å². The van der Waals surface area contributed by atoms with Gasteiger partial charge in [-0.3, -0.25) is 9.59 Å². The number of amides is 2. The summed E-state index contributed by atoms with van der Waals surface area (Å²) in [7, 11) is 1.83. The first kappa shape index (κ1) is 23.7. The third-order valence-corrected chi connectivity index (χ3v) is 7.71. The fraction of sp³-hybridized carbons (Fsp3) is 0.500.